The van der Waals surface area contributed by atoms with Crippen molar-refractivity contribution in [2.45, 2.75) is 9.10 Å². The number of halogens is 1. The largest absolute Gasteiger partial charge is 0.263 e. The summed E-state index contributed by atoms with van der Waals surface area (Å²) in [7, 11) is 0. The van der Waals surface area contributed by atoms with E-state index in [1.165, 1.54) is 9.10 Å². The van der Waals surface area contributed by atoms with Gasteiger partial charge in [-0.2, -0.15) is 0 Å². The Morgan fingerprint density at radius 2 is 2.31 bits per heavy atom. The Labute approximate surface area is 93.3 Å². The van der Waals surface area contributed by atoms with Crippen LogP contribution in [0.15, 0.2) is 49.6 Å². The van der Waals surface area contributed by atoms with Crippen molar-refractivity contribution in [1.82, 2.24) is 4.98 Å². The Morgan fingerprint density at radius 1 is 1.38 bits per heavy atom. The Hall–Kier alpha value is -0.320. The first kappa shape index (κ1) is 9.24. The van der Waals surface area contributed by atoms with Crippen LogP contribution in [0.5, 0.6) is 0 Å². The van der Waals surface area contributed by atoms with Gasteiger partial charge in [0, 0.05) is 21.8 Å². The number of nitrogens with zero attached hydrogens (tertiary/aromatic N) is 1. The Bertz CT molecular complexity index is 386. The zero-order chi connectivity index (χ0) is 9.10. The van der Waals surface area contributed by atoms with Gasteiger partial charge in [-0.1, -0.05) is 17.8 Å². The lowest BCUT2D eigenvalue weighted by Gasteiger charge is -1.99. The molecule has 2 rings (SSSR count). The summed E-state index contributed by atoms with van der Waals surface area (Å²) in [4.78, 5) is 5.22. The van der Waals surface area contributed by atoms with Crippen LogP contribution in [0, 0.1) is 0 Å². The van der Waals surface area contributed by atoms with Crippen molar-refractivity contribution in [3.05, 3.63) is 40.4 Å². The molecule has 0 saturated heterocycles. The van der Waals surface area contributed by atoms with E-state index >= 15 is 0 Å². The minimum atomic E-state index is 1.05. The Balaban J connectivity index is 2.24. The molecule has 0 bridgehead atoms. The fourth-order valence-electron chi connectivity index (χ4n) is 0.875. The molecule has 0 N–H and O–H groups in total. The summed E-state index contributed by atoms with van der Waals surface area (Å²) < 4.78 is 2.35. The number of aromatic nitrogens is 1. The second kappa shape index (κ2) is 4.26. The molecule has 4 heteroatoms. The standard InChI is InChI=1S/C9H6BrNS2/c10-7-6-11-4-3-8(7)13-9-2-1-5-12-9/h1-6H. The third-order valence-corrected chi connectivity index (χ3v) is 4.45. The van der Waals surface area contributed by atoms with Gasteiger partial charge in [-0.15, -0.1) is 11.3 Å². The maximum Gasteiger partial charge on any atom is 0.0646 e. The highest BCUT2D eigenvalue weighted by molar-refractivity contribution is 9.10. The zero-order valence-electron chi connectivity index (χ0n) is 6.61. The summed E-state index contributed by atoms with van der Waals surface area (Å²) >= 11 is 6.96. The van der Waals surface area contributed by atoms with Gasteiger partial charge in [0.25, 0.3) is 0 Å². The quantitative estimate of drug-likeness (QED) is 0.817. The number of hydrogen-bond donors (Lipinski definition) is 0. The van der Waals surface area contributed by atoms with Crippen LogP contribution in [0.1, 0.15) is 0 Å². The molecule has 0 saturated carbocycles. The summed E-state index contributed by atoms with van der Waals surface area (Å²) in [6.07, 6.45) is 3.62. The van der Waals surface area contributed by atoms with Crippen molar-refractivity contribution in [1.29, 1.82) is 0 Å². The van der Waals surface area contributed by atoms with E-state index in [-0.39, 0.29) is 0 Å². The lowest BCUT2D eigenvalue weighted by molar-refractivity contribution is 1.23. The van der Waals surface area contributed by atoms with Gasteiger partial charge in [0.05, 0.1) is 4.21 Å². The van der Waals surface area contributed by atoms with Crippen molar-refractivity contribution >= 4 is 39.0 Å². The number of thiophene rings is 1. The molecule has 0 atom stereocenters. The van der Waals surface area contributed by atoms with Crippen LogP contribution in [-0.2, 0) is 0 Å². The monoisotopic (exact) mass is 271 g/mol. The first-order valence-electron chi connectivity index (χ1n) is 3.67. The molecule has 0 fully saturated rings. The van der Waals surface area contributed by atoms with Gasteiger partial charge < -0.3 is 0 Å². The molecule has 13 heavy (non-hydrogen) atoms. The molecule has 0 amide bonds. The molecule has 2 aromatic rings. The SMILES string of the molecule is Brc1cnccc1Sc1cccs1. The fraction of sp³-hybridized carbons (Fsp3) is 0. The van der Waals surface area contributed by atoms with Gasteiger partial charge >= 0.3 is 0 Å². The van der Waals surface area contributed by atoms with Gasteiger partial charge in [0.1, 0.15) is 0 Å². The topological polar surface area (TPSA) is 12.9 Å². The molecule has 0 unspecified atom stereocenters. The van der Waals surface area contributed by atoms with Crippen LogP contribution in [0.3, 0.4) is 0 Å². The highest BCUT2D eigenvalue weighted by Gasteiger charge is 2.01. The zero-order valence-corrected chi connectivity index (χ0v) is 9.82. The number of pyridine rings is 1. The van der Waals surface area contributed by atoms with Crippen LogP contribution < -0.4 is 0 Å². The molecule has 0 radical (unpaired) electrons. The first-order chi connectivity index (χ1) is 6.36. The van der Waals surface area contributed by atoms with E-state index < -0.39 is 0 Å². The average molecular weight is 272 g/mol. The molecule has 1 nitrogen and oxygen atoms in total. The second-order valence-corrected chi connectivity index (χ2v) is 5.48. The summed E-state index contributed by atoms with van der Waals surface area (Å²) in [5.74, 6) is 0. The second-order valence-electron chi connectivity index (χ2n) is 2.34. The van der Waals surface area contributed by atoms with Crippen LogP contribution in [-0.4, -0.2) is 4.98 Å². The van der Waals surface area contributed by atoms with Crippen molar-refractivity contribution in [3.8, 4) is 0 Å². The highest BCUT2D eigenvalue weighted by atomic mass is 79.9. The van der Waals surface area contributed by atoms with E-state index in [1.807, 2.05) is 12.3 Å². The van der Waals surface area contributed by atoms with Crippen molar-refractivity contribution in [2.75, 3.05) is 0 Å². The summed E-state index contributed by atoms with van der Waals surface area (Å²) in [5.41, 5.74) is 0. The van der Waals surface area contributed by atoms with Crippen LogP contribution in [0.4, 0.5) is 0 Å². The highest BCUT2D eigenvalue weighted by Crippen LogP contribution is 2.34. The fourth-order valence-corrected chi connectivity index (χ4v) is 3.09. The molecular weight excluding hydrogens is 266 g/mol. The summed E-state index contributed by atoms with van der Waals surface area (Å²) in [5, 5.41) is 2.08. The maximum absolute atomic E-state index is 4.02. The van der Waals surface area contributed by atoms with E-state index in [2.05, 4.69) is 38.4 Å². The Kier molecular flexibility index (Phi) is 3.03. The molecular formula is C9H6BrNS2. The van der Waals surface area contributed by atoms with Crippen molar-refractivity contribution in [2.24, 2.45) is 0 Å². The minimum absolute atomic E-state index is 1.05. The van der Waals surface area contributed by atoms with E-state index in [0.717, 1.165) is 4.47 Å². The predicted molar refractivity (Wildman–Crippen MR) is 60.4 cm³/mol. The van der Waals surface area contributed by atoms with E-state index in [4.69, 9.17) is 0 Å². The van der Waals surface area contributed by atoms with Gasteiger partial charge in [0.2, 0.25) is 0 Å². The van der Waals surface area contributed by atoms with E-state index in [0.29, 0.717) is 0 Å². The van der Waals surface area contributed by atoms with Crippen LogP contribution in [0.25, 0.3) is 0 Å². The van der Waals surface area contributed by atoms with Gasteiger partial charge in [-0.3, -0.25) is 4.98 Å². The minimum Gasteiger partial charge on any atom is -0.263 e. The molecule has 0 aliphatic rings. The molecule has 2 heterocycles. The molecule has 2 aromatic heterocycles. The lowest BCUT2D eigenvalue weighted by atomic mass is 10.5. The van der Waals surface area contributed by atoms with E-state index in [9.17, 15) is 0 Å². The molecule has 0 spiro atoms. The third-order valence-electron chi connectivity index (χ3n) is 1.44. The molecule has 0 aromatic carbocycles. The van der Waals surface area contributed by atoms with Crippen LogP contribution in [0.2, 0.25) is 0 Å². The van der Waals surface area contributed by atoms with Gasteiger partial charge in [-0.25, -0.2) is 0 Å². The van der Waals surface area contributed by atoms with Crippen LogP contribution >= 0.6 is 39.0 Å². The molecule has 0 aliphatic heterocycles. The molecule has 66 valence electrons. The van der Waals surface area contributed by atoms with Crippen molar-refractivity contribution < 1.29 is 0 Å². The van der Waals surface area contributed by atoms with E-state index in [1.54, 1.807) is 29.3 Å². The van der Waals surface area contributed by atoms with Gasteiger partial charge in [-0.05, 0) is 33.4 Å². The summed E-state index contributed by atoms with van der Waals surface area (Å²) in [6, 6.07) is 6.18. The van der Waals surface area contributed by atoms with Crippen molar-refractivity contribution in [3.63, 3.8) is 0 Å². The Morgan fingerprint density at radius 3 is 3.00 bits per heavy atom. The normalized spacial score (nSPS) is 10.2. The lowest BCUT2D eigenvalue weighted by Crippen LogP contribution is -1.75. The van der Waals surface area contributed by atoms with Gasteiger partial charge in [0.15, 0.2) is 0 Å². The smallest absolute Gasteiger partial charge is 0.0646 e. The first-order valence-corrected chi connectivity index (χ1v) is 6.16. The third kappa shape index (κ3) is 2.33. The predicted octanol–water partition coefficient (Wildman–Crippen LogP) is 4.06. The molecule has 0 aliphatic carbocycles. The number of hydrogen-bond acceptors (Lipinski definition) is 3. The number of rotatable bonds is 2. The summed E-state index contributed by atoms with van der Waals surface area (Å²) in [6.45, 7) is 0. The maximum atomic E-state index is 4.02. The average Bonchev–Trinajstić information content (AvgIpc) is 2.61.